The maximum absolute atomic E-state index is 15.0. The molecule has 1 fully saturated rings. The molecule has 0 radical (unpaired) electrons. The number of anilines is 2. The first kappa shape index (κ1) is 19.5. The van der Waals surface area contributed by atoms with Crippen molar-refractivity contribution in [2.24, 2.45) is 0 Å². The van der Waals surface area contributed by atoms with E-state index < -0.39 is 11.6 Å². The van der Waals surface area contributed by atoms with Gasteiger partial charge in [0, 0.05) is 48.1 Å². The number of hydrogen-bond donors (Lipinski definition) is 2. The van der Waals surface area contributed by atoms with E-state index in [0.717, 1.165) is 43.5 Å². The summed E-state index contributed by atoms with van der Waals surface area (Å²) in [5, 5.41) is 2.82. The van der Waals surface area contributed by atoms with Crippen molar-refractivity contribution in [2.75, 3.05) is 30.3 Å². The molecule has 7 heteroatoms. The second-order valence-corrected chi connectivity index (χ2v) is 7.99. The molecule has 2 aromatic carbocycles. The van der Waals surface area contributed by atoms with E-state index in [1.165, 1.54) is 6.20 Å². The number of nitrogens with two attached hydrogens (primary N) is 1. The van der Waals surface area contributed by atoms with Crippen LogP contribution < -0.4 is 16.0 Å². The molecule has 2 aliphatic heterocycles. The molecule has 2 aliphatic rings. The number of halogens is 2. The zero-order valence-corrected chi connectivity index (χ0v) is 16.9. The molecular weight excluding hydrogens is 398 g/mol. The average Bonchev–Trinajstić information content (AvgIpc) is 3.31. The summed E-state index contributed by atoms with van der Waals surface area (Å²) < 4.78 is 29.8. The molecule has 0 bridgehead atoms. The topological polar surface area (TPSA) is 71.2 Å². The highest BCUT2D eigenvalue weighted by atomic mass is 19.2. The van der Waals surface area contributed by atoms with E-state index in [9.17, 15) is 13.6 Å². The van der Waals surface area contributed by atoms with Gasteiger partial charge in [-0.1, -0.05) is 12.1 Å². The highest BCUT2D eigenvalue weighted by Crippen LogP contribution is 2.35. The second-order valence-electron chi connectivity index (χ2n) is 7.99. The number of rotatable bonds is 3. The van der Waals surface area contributed by atoms with Crippen LogP contribution in [-0.2, 0) is 6.42 Å². The third kappa shape index (κ3) is 3.40. The van der Waals surface area contributed by atoms with Crippen LogP contribution in [0.3, 0.4) is 0 Å². The summed E-state index contributed by atoms with van der Waals surface area (Å²) in [4.78, 5) is 18.1. The quantitative estimate of drug-likeness (QED) is 0.668. The Bertz CT molecular complexity index is 1190. The molecule has 158 valence electrons. The van der Waals surface area contributed by atoms with Gasteiger partial charge in [0.1, 0.15) is 5.82 Å². The Balaban J connectivity index is 1.55. The summed E-state index contributed by atoms with van der Waals surface area (Å²) in [6, 6.07) is 10.4. The lowest BCUT2D eigenvalue weighted by Gasteiger charge is -2.20. The minimum absolute atomic E-state index is 0.0942. The molecule has 0 unspecified atom stereocenters. The average molecular weight is 420 g/mol. The van der Waals surface area contributed by atoms with Crippen molar-refractivity contribution in [1.82, 2.24) is 10.3 Å². The van der Waals surface area contributed by atoms with Gasteiger partial charge < -0.3 is 16.0 Å². The molecule has 31 heavy (non-hydrogen) atoms. The first-order valence-corrected chi connectivity index (χ1v) is 10.4. The smallest absolute Gasteiger partial charge is 0.251 e. The van der Waals surface area contributed by atoms with Gasteiger partial charge in [-0.15, -0.1) is 0 Å². The lowest BCUT2D eigenvalue weighted by molar-refractivity contribution is 0.0946. The summed E-state index contributed by atoms with van der Waals surface area (Å²) in [6.45, 7) is 2.05. The number of aromatic nitrogens is 1. The second kappa shape index (κ2) is 7.65. The molecule has 0 spiro atoms. The Labute approximate surface area is 178 Å². The van der Waals surface area contributed by atoms with Crippen LogP contribution in [0, 0.1) is 11.6 Å². The van der Waals surface area contributed by atoms with Crippen LogP contribution in [0.5, 0.6) is 0 Å². The van der Waals surface area contributed by atoms with Crippen LogP contribution in [0.25, 0.3) is 22.3 Å². The Hall–Kier alpha value is -3.48. The van der Waals surface area contributed by atoms with Gasteiger partial charge in [-0.25, -0.2) is 13.8 Å². The molecular formula is C24H22F2N4O. The number of amides is 1. The van der Waals surface area contributed by atoms with E-state index >= 15 is 0 Å². The number of nitrogens with zero attached hydrogens (tertiary/aromatic N) is 2. The Kier molecular flexibility index (Phi) is 4.81. The van der Waals surface area contributed by atoms with Crippen LogP contribution in [0.1, 0.15) is 28.8 Å². The molecule has 3 N–H and O–H groups in total. The van der Waals surface area contributed by atoms with Crippen molar-refractivity contribution in [1.29, 1.82) is 0 Å². The zero-order valence-electron chi connectivity index (χ0n) is 16.9. The number of fused-ring (bicyclic) bond motifs is 1. The molecule has 0 aliphatic carbocycles. The summed E-state index contributed by atoms with van der Waals surface area (Å²) in [7, 11) is 0. The van der Waals surface area contributed by atoms with Crippen molar-refractivity contribution < 1.29 is 13.6 Å². The van der Waals surface area contributed by atoms with Crippen LogP contribution in [-0.4, -0.2) is 30.5 Å². The molecule has 1 amide bonds. The molecule has 0 saturated carbocycles. The van der Waals surface area contributed by atoms with Gasteiger partial charge in [-0.2, -0.15) is 0 Å². The highest BCUT2D eigenvalue weighted by Gasteiger charge is 2.22. The van der Waals surface area contributed by atoms with Gasteiger partial charge in [0.15, 0.2) is 11.6 Å². The molecule has 1 aromatic heterocycles. The van der Waals surface area contributed by atoms with Crippen LogP contribution in [0.4, 0.5) is 20.3 Å². The van der Waals surface area contributed by atoms with Gasteiger partial charge in [-0.3, -0.25) is 4.79 Å². The number of carbonyl (C=O) groups excluding carboxylic acids is 1. The first-order chi connectivity index (χ1) is 15.0. The summed E-state index contributed by atoms with van der Waals surface area (Å²) in [6.07, 6.45) is 4.14. The number of hydrogen-bond acceptors (Lipinski definition) is 4. The summed E-state index contributed by atoms with van der Waals surface area (Å²) >= 11 is 0. The molecule has 0 atom stereocenters. The normalized spacial score (nSPS) is 15.7. The fourth-order valence-electron chi connectivity index (χ4n) is 4.41. The van der Waals surface area contributed by atoms with Gasteiger partial charge >= 0.3 is 0 Å². The first-order valence-electron chi connectivity index (χ1n) is 10.4. The lowest BCUT2D eigenvalue weighted by Crippen LogP contribution is -2.31. The summed E-state index contributed by atoms with van der Waals surface area (Å²) in [5.41, 5.74) is 9.99. The summed E-state index contributed by atoms with van der Waals surface area (Å²) in [5.74, 6) is -1.52. The van der Waals surface area contributed by atoms with Crippen molar-refractivity contribution in [3.8, 4) is 22.3 Å². The number of carbonyl (C=O) groups is 1. The molecule has 5 nitrogen and oxygen atoms in total. The van der Waals surface area contributed by atoms with Crippen LogP contribution in [0.15, 0.2) is 42.6 Å². The number of nitrogens with one attached hydrogen (secondary N) is 1. The van der Waals surface area contributed by atoms with Crippen molar-refractivity contribution in [3.05, 3.63) is 65.4 Å². The standard InChI is InChI=1S/C24H22F2N4O/c25-21-17(5-6-20(22(21)26)30-9-1-2-10-30)16-12-19(23(27)29-13-16)14-3-4-18-15(11-14)7-8-28-24(18)31/h3-6,11-13H,1-2,7-10H2,(H2,27,29)(H,28,31). The van der Waals surface area contributed by atoms with Crippen molar-refractivity contribution >= 4 is 17.4 Å². The SMILES string of the molecule is Nc1ncc(-c2ccc(N3CCCC3)c(F)c2F)cc1-c1ccc2c(c1)CCNC2=O. The third-order valence-corrected chi connectivity index (χ3v) is 6.08. The van der Waals surface area contributed by atoms with E-state index in [1.54, 1.807) is 30.3 Å². The van der Waals surface area contributed by atoms with Crippen LogP contribution >= 0.6 is 0 Å². The van der Waals surface area contributed by atoms with Gasteiger partial charge in [0.25, 0.3) is 5.91 Å². The Morgan fingerprint density at radius 3 is 2.52 bits per heavy atom. The number of pyridine rings is 1. The lowest BCUT2D eigenvalue weighted by atomic mass is 9.94. The van der Waals surface area contributed by atoms with E-state index in [0.29, 0.717) is 34.7 Å². The number of benzene rings is 2. The molecule has 1 saturated heterocycles. The monoisotopic (exact) mass is 420 g/mol. The Morgan fingerprint density at radius 2 is 1.71 bits per heavy atom. The zero-order chi connectivity index (χ0) is 21.5. The predicted molar refractivity (Wildman–Crippen MR) is 117 cm³/mol. The maximum Gasteiger partial charge on any atom is 0.251 e. The maximum atomic E-state index is 15.0. The van der Waals surface area contributed by atoms with Gasteiger partial charge in [0.2, 0.25) is 0 Å². The van der Waals surface area contributed by atoms with Crippen LogP contribution in [0.2, 0.25) is 0 Å². The largest absolute Gasteiger partial charge is 0.383 e. The van der Waals surface area contributed by atoms with E-state index in [1.807, 2.05) is 11.0 Å². The Morgan fingerprint density at radius 1 is 0.935 bits per heavy atom. The van der Waals surface area contributed by atoms with E-state index in [4.69, 9.17) is 5.73 Å². The third-order valence-electron chi connectivity index (χ3n) is 6.08. The van der Waals surface area contributed by atoms with E-state index in [2.05, 4.69) is 10.3 Å². The fourth-order valence-corrected chi connectivity index (χ4v) is 4.41. The highest BCUT2D eigenvalue weighted by molar-refractivity contribution is 5.97. The minimum Gasteiger partial charge on any atom is -0.383 e. The van der Waals surface area contributed by atoms with Gasteiger partial charge in [-0.05, 0) is 54.7 Å². The van der Waals surface area contributed by atoms with Crippen molar-refractivity contribution in [2.45, 2.75) is 19.3 Å². The fraction of sp³-hybridized carbons (Fsp3) is 0.250. The molecule has 3 heterocycles. The van der Waals surface area contributed by atoms with Crippen molar-refractivity contribution in [3.63, 3.8) is 0 Å². The van der Waals surface area contributed by atoms with Gasteiger partial charge in [0.05, 0.1) is 5.69 Å². The minimum atomic E-state index is -0.885. The van der Waals surface area contributed by atoms with E-state index in [-0.39, 0.29) is 11.5 Å². The predicted octanol–water partition coefficient (Wildman–Crippen LogP) is 4.16. The number of nitrogen functional groups attached to an aromatic ring is 1. The molecule has 5 rings (SSSR count). The molecule has 3 aromatic rings.